The number of nitrogens with one attached hydrogen (secondary N) is 1. The molecule has 1 amide bonds. The molecule has 0 fully saturated rings. The molecule has 6 nitrogen and oxygen atoms in total. The molecule has 0 radical (unpaired) electrons. The Balaban J connectivity index is 2.11. The molecule has 0 saturated heterocycles. The highest BCUT2D eigenvalue weighted by atomic mass is 32.2. The Morgan fingerprint density at radius 1 is 1.24 bits per heavy atom. The van der Waals surface area contributed by atoms with E-state index in [9.17, 15) is 17.6 Å². The van der Waals surface area contributed by atoms with Crippen LogP contribution >= 0.6 is 0 Å². The van der Waals surface area contributed by atoms with Gasteiger partial charge in [-0.3, -0.25) is 4.79 Å². The van der Waals surface area contributed by atoms with Crippen molar-refractivity contribution in [2.75, 3.05) is 26.0 Å². The Kier molecular flexibility index (Phi) is 5.76. The summed E-state index contributed by atoms with van der Waals surface area (Å²) in [5.74, 6) is -0.486. The molecule has 8 heteroatoms. The lowest BCUT2D eigenvalue weighted by Gasteiger charge is -2.17. The normalized spacial score (nSPS) is 11.4. The van der Waals surface area contributed by atoms with Crippen LogP contribution in [0.15, 0.2) is 47.4 Å². The van der Waals surface area contributed by atoms with Crippen LogP contribution in [-0.2, 0) is 14.8 Å². The van der Waals surface area contributed by atoms with E-state index in [4.69, 9.17) is 4.74 Å². The molecule has 0 aliphatic carbocycles. The fourth-order valence-electron chi connectivity index (χ4n) is 2.25. The first kappa shape index (κ1) is 18.9. The Bertz CT molecular complexity index is 884. The van der Waals surface area contributed by atoms with E-state index in [0.29, 0.717) is 11.3 Å². The first-order valence-corrected chi connectivity index (χ1v) is 8.84. The topological polar surface area (TPSA) is 75.7 Å². The number of likely N-dealkylation sites (N-methyl/N-ethyl adjacent to an activating group) is 1. The molecular weight excluding hydrogens is 347 g/mol. The number of hydrogen-bond acceptors (Lipinski definition) is 4. The van der Waals surface area contributed by atoms with Gasteiger partial charge in [-0.1, -0.05) is 6.07 Å². The maximum absolute atomic E-state index is 13.1. The number of aryl methyl sites for hydroxylation is 1. The number of rotatable bonds is 6. The quantitative estimate of drug-likeness (QED) is 0.852. The Labute approximate surface area is 146 Å². The molecule has 2 aromatic rings. The van der Waals surface area contributed by atoms with Crippen LogP contribution in [0.3, 0.4) is 0 Å². The molecule has 2 aromatic carbocycles. The van der Waals surface area contributed by atoms with Crippen molar-refractivity contribution in [2.24, 2.45) is 0 Å². The van der Waals surface area contributed by atoms with Gasteiger partial charge in [-0.25, -0.2) is 12.8 Å². The number of halogens is 1. The van der Waals surface area contributed by atoms with Crippen molar-refractivity contribution in [1.29, 1.82) is 0 Å². The third-order valence-corrected chi connectivity index (χ3v) is 5.35. The van der Waals surface area contributed by atoms with Crippen molar-refractivity contribution in [3.8, 4) is 5.75 Å². The van der Waals surface area contributed by atoms with Crippen molar-refractivity contribution < 1.29 is 22.3 Å². The van der Waals surface area contributed by atoms with Gasteiger partial charge in [-0.15, -0.1) is 0 Å². The van der Waals surface area contributed by atoms with Crippen molar-refractivity contribution in [3.63, 3.8) is 0 Å². The van der Waals surface area contributed by atoms with Gasteiger partial charge in [-0.05, 0) is 48.9 Å². The number of sulfonamides is 1. The SMILES string of the molecule is COc1ccc(S(=O)(=O)N(C)CC(=O)Nc2cccc(F)c2)cc1C. The second kappa shape index (κ2) is 7.62. The number of ether oxygens (including phenoxy) is 1. The lowest BCUT2D eigenvalue weighted by Crippen LogP contribution is -2.35. The van der Waals surface area contributed by atoms with E-state index in [2.05, 4.69) is 5.32 Å². The molecule has 0 heterocycles. The average Bonchev–Trinajstić information content (AvgIpc) is 2.54. The number of hydrogen-bond donors (Lipinski definition) is 1. The van der Waals surface area contributed by atoms with Gasteiger partial charge in [0.25, 0.3) is 0 Å². The zero-order chi connectivity index (χ0) is 18.6. The molecule has 2 rings (SSSR count). The van der Waals surface area contributed by atoms with E-state index in [1.54, 1.807) is 13.0 Å². The van der Waals surface area contributed by atoms with Gasteiger partial charge in [0.15, 0.2) is 0 Å². The highest BCUT2D eigenvalue weighted by molar-refractivity contribution is 7.89. The summed E-state index contributed by atoms with van der Waals surface area (Å²) in [5, 5.41) is 2.46. The van der Waals surface area contributed by atoms with Gasteiger partial charge < -0.3 is 10.1 Å². The second-order valence-electron chi connectivity index (χ2n) is 5.45. The minimum Gasteiger partial charge on any atom is -0.496 e. The number of nitrogens with zero attached hydrogens (tertiary/aromatic N) is 1. The number of amides is 1. The van der Waals surface area contributed by atoms with Crippen LogP contribution in [0.1, 0.15) is 5.56 Å². The van der Waals surface area contributed by atoms with E-state index >= 15 is 0 Å². The van der Waals surface area contributed by atoms with Crippen molar-refractivity contribution in [3.05, 3.63) is 53.8 Å². The van der Waals surface area contributed by atoms with Gasteiger partial charge in [0.2, 0.25) is 15.9 Å². The maximum atomic E-state index is 13.1. The largest absolute Gasteiger partial charge is 0.496 e. The summed E-state index contributed by atoms with van der Waals surface area (Å²) < 4.78 is 44.3. The van der Waals surface area contributed by atoms with Crippen molar-refractivity contribution in [1.82, 2.24) is 4.31 Å². The Morgan fingerprint density at radius 3 is 2.56 bits per heavy atom. The van der Waals surface area contributed by atoms with E-state index in [1.165, 1.54) is 44.5 Å². The molecular formula is C17H19FN2O4S. The van der Waals surface area contributed by atoms with Crippen LogP contribution in [0.2, 0.25) is 0 Å². The summed E-state index contributed by atoms with van der Waals surface area (Å²) in [7, 11) is -1.03. The standard InChI is InChI=1S/C17H19FN2O4S/c1-12-9-15(7-8-16(12)24-3)25(22,23)20(2)11-17(21)19-14-6-4-5-13(18)10-14/h4-10H,11H2,1-3H3,(H,19,21). The highest BCUT2D eigenvalue weighted by Gasteiger charge is 2.23. The van der Waals surface area contributed by atoms with Crippen molar-refractivity contribution in [2.45, 2.75) is 11.8 Å². The molecule has 0 atom stereocenters. The molecule has 1 N–H and O–H groups in total. The summed E-state index contributed by atoms with van der Waals surface area (Å²) in [6, 6.07) is 9.82. The predicted molar refractivity (Wildman–Crippen MR) is 92.6 cm³/mol. The number of methoxy groups -OCH3 is 1. The summed E-state index contributed by atoms with van der Waals surface area (Å²) >= 11 is 0. The number of carbonyl (C=O) groups excluding carboxylic acids is 1. The molecule has 25 heavy (non-hydrogen) atoms. The van der Waals surface area contributed by atoms with Crippen LogP contribution in [0.4, 0.5) is 10.1 Å². The molecule has 0 saturated carbocycles. The summed E-state index contributed by atoms with van der Waals surface area (Å²) in [6.45, 7) is 1.33. The van der Waals surface area contributed by atoms with Gasteiger partial charge in [-0.2, -0.15) is 4.31 Å². The van der Waals surface area contributed by atoms with Gasteiger partial charge >= 0.3 is 0 Å². The summed E-state index contributed by atoms with van der Waals surface area (Å²) in [6.07, 6.45) is 0. The second-order valence-corrected chi connectivity index (χ2v) is 7.50. The minimum absolute atomic E-state index is 0.0619. The van der Waals surface area contributed by atoms with Crippen LogP contribution in [0.25, 0.3) is 0 Å². The third-order valence-electron chi connectivity index (χ3n) is 3.55. The number of benzene rings is 2. The number of anilines is 1. The maximum Gasteiger partial charge on any atom is 0.243 e. The Morgan fingerprint density at radius 2 is 1.96 bits per heavy atom. The fraction of sp³-hybridized carbons (Fsp3) is 0.235. The third kappa shape index (κ3) is 4.55. The number of carbonyl (C=O) groups is 1. The molecule has 0 bridgehead atoms. The first-order valence-electron chi connectivity index (χ1n) is 7.40. The van der Waals surface area contributed by atoms with Crippen LogP contribution in [0, 0.1) is 12.7 Å². The van der Waals surface area contributed by atoms with Gasteiger partial charge in [0.05, 0.1) is 18.6 Å². The van der Waals surface area contributed by atoms with E-state index in [-0.39, 0.29) is 10.6 Å². The van der Waals surface area contributed by atoms with Crippen LogP contribution < -0.4 is 10.1 Å². The highest BCUT2D eigenvalue weighted by Crippen LogP contribution is 2.23. The molecule has 0 aliphatic rings. The zero-order valence-corrected chi connectivity index (χ0v) is 14.9. The molecule has 0 spiro atoms. The monoisotopic (exact) mass is 366 g/mol. The minimum atomic E-state index is -3.84. The van der Waals surface area contributed by atoms with Crippen LogP contribution in [-0.4, -0.2) is 39.3 Å². The van der Waals surface area contributed by atoms with Gasteiger partial charge in [0.1, 0.15) is 11.6 Å². The molecule has 0 aliphatic heterocycles. The predicted octanol–water partition coefficient (Wildman–Crippen LogP) is 2.40. The van der Waals surface area contributed by atoms with E-state index < -0.39 is 28.3 Å². The molecule has 0 aromatic heterocycles. The lowest BCUT2D eigenvalue weighted by molar-refractivity contribution is -0.116. The summed E-state index contributed by atoms with van der Waals surface area (Å²) in [4.78, 5) is 12.1. The zero-order valence-electron chi connectivity index (χ0n) is 14.1. The Hall–Kier alpha value is -2.45. The lowest BCUT2D eigenvalue weighted by atomic mass is 10.2. The fourth-order valence-corrected chi connectivity index (χ4v) is 3.46. The van der Waals surface area contributed by atoms with Crippen molar-refractivity contribution >= 4 is 21.6 Å². The molecule has 134 valence electrons. The molecule has 0 unspecified atom stereocenters. The smallest absolute Gasteiger partial charge is 0.243 e. The van der Waals surface area contributed by atoms with E-state index in [1.807, 2.05) is 0 Å². The summed E-state index contributed by atoms with van der Waals surface area (Å²) in [5.41, 5.74) is 0.928. The van der Waals surface area contributed by atoms with Gasteiger partial charge in [0, 0.05) is 12.7 Å². The average molecular weight is 366 g/mol. The van der Waals surface area contributed by atoms with Crippen LogP contribution in [0.5, 0.6) is 5.75 Å². The van der Waals surface area contributed by atoms with E-state index in [0.717, 1.165) is 10.4 Å². The first-order chi connectivity index (χ1) is 11.7.